The molecule has 0 aliphatic rings. The van der Waals surface area contributed by atoms with E-state index < -0.39 is 0 Å². The molecule has 0 aliphatic heterocycles. The fourth-order valence-corrected chi connectivity index (χ4v) is 0.397. The zero-order valence-electron chi connectivity index (χ0n) is 6.29. The van der Waals surface area contributed by atoms with E-state index in [9.17, 15) is 0 Å². The molecule has 0 aromatic rings. The van der Waals surface area contributed by atoms with Crippen molar-refractivity contribution < 1.29 is 4.74 Å². The third kappa shape index (κ3) is 6.95. The number of hydrogen-bond acceptors (Lipinski definition) is 2. The van der Waals surface area contributed by atoms with Gasteiger partial charge >= 0.3 is 0 Å². The van der Waals surface area contributed by atoms with Gasteiger partial charge in [0.15, 0.2) is 0 Å². The Morgan fingerprint density at radius 1 is 1.60 bits per heavy atom. The molecule has 0 heterocycles. The topological polar surface area (TPSA) is 21.6 Å². The van der Waals surface area contributed by atoms with Gasteiger partial charge in [-0.25, -0.2) is 0 Å². The van der Waals surface area contributed by atoms with Crippen LogP contribution < -0.4 is 0 Å². The molecule has 2 heteroatoms. The molecule has 0 fully saturated rings. The number of allylic oxidation sites excluding steroid dienone is 1. The van der Waals surface area contributed by atoms with E-state index in [0.29, 0.717) is 13.2 Å². The molecular weight excluding hydrogens is 126 g/mol. The van der Waals surface area contributed by atoms with Crippen molar-refractivity contribution in [3.63, 3.8) is 0 Å². The van der Waals surface area contributed by atoms with Crippen LogP contribution in [0.1, 0.15) is 6.92 Å². The second-order valence-electron chi connectivity index (χ2n) is 1.64. The summed E-state index contributed by atoms with van der Waals surface area (Å²) in [6.07, 6.45) is 6.94. The molecule has 0 rings (SSSR count). The maximum absolute atomic E-state index is 4.97. The average Bonchev–Trinajstić information content (AvgIpc) is 1.97. The number of nitrogens with zero attached hydrogens (tertiary/aromatic N) is 1. The molecule has 0 N–H and O–H groups in total. The van der Waals surface area contributed by atoms with Gasteiger partial charge in [0.1, 0.15) is 6.61 Å². The normalized spacial score (nSPS) is 10.9. The first-order chi connectivity index (χ1) is 4.91. The molecular formula is C8H13NO. The molecule has 0 aromatic heterocycles. The zero-order chi connectivity index (χ0) is 7.66. The first-order valence-electron chi connectivity index (χ1n) is 3.23. The van der Waals surface area contributed by atoms with Crippen molar-refractivity contribution in [2.75, 3.05) is 13.2 Å². The van der Waals surface area contributed by atoms with E-state index in [1.807, 2.05) is 13.0 Å². The molecule has 0 atom stereocenters. The Balaban J connectivity index is 3.09. The first kappa shape index (κ1) is 8.95. The predicted octanol–water partition coefficient (Wildman–Crippen LogP) is 1.79. The van der Waals surface area contributed by atoms with Crippen molar-refractivity contribution in [3.05, 3.63) is 25.0 Å². The highest BCUT2D eigenvalue weighted by molar-refractivity contribution is 5.58. The van der Waals surface area contributed by atoms with E-state index >= 15 is 0 Å². The molecule has 0 radical (unpaired) electrons. The Hall–Kier alpha value is -1.05. The van der Waals surface area contributed by atoms with Gasteiger partial charge in [-0.05, 0) is 6.92 Å². The third-order valence-electron chi connectivity index (χ3n) is 0.767. The summed E-state index contributed by atoms with van der Waals surface area (Å²) in [5, 5.41) is 0. The Morgan fingerprint density at radius 2 is 2.40 bits per heavy atom. The van der Waals surface area contributed by atoms with Crippen molar-refractivity contribution in [2.45, 2.75) is 6.92 Å². The van der Waals surface area contributed by atoms with Gasteiger partial charge in [0.05, 0.1) is 12.8 Å². The zero-order valence-corrected chi connectivity index (χ0v) is 6.29. The van der Waals surface area contributed by atoms with E-state index in [0.717, 1.165) is 0 Å². The molecule has 0 aromatic carbocycles. The van der Waals surface area contributed by atoms with Gasteiger partial charge in [0.25, 0.3) is 0 Å². The Kier molecular flexibility index (Phi) is 7.12. The lowest BCUT2D eigenvalue weighted by molar-refractivity contribution is 0.305. The lowest BCUT2D eigenvalue weighted by atomic mass is 10.6. The molecule has 0 aliphatic carbocycles. The van der Waals surface area contributed by atoms with E-state index in [2.05, 4.69) is 11.6 Å². The Labute approximate surface area is 61.9 Å². The molecule has 2 nitrogen and oxygen atoms in total. The van der Waals surface area contributed by atoms with Crippen molar-refractivity contribution >= 4 is 6.21 Å². The van der Waals surface area contributed by atoms with Crippen LogP contribution in [0, 0.1) is 0 Å². The summed E-state index contributed by atoms with van der Waals surface area (Å²) in [6.45, 7) is 6.64. The van der Waals surface area contributed by atoms with Crippen LogP contribution in [0.2, 0.25) is 0 Å². The average molecular weight is 139 g/mol. The van der Waals surface area contributed by atoms with Crippen LogP contribution in [-0.4, -0.2) is 19.4 Å². The SMILES string of the molecule is C=CCN=CCO/C=C/C. The van der Waals surface area contributed by atoms with Gasteiger partial charge in [0.2, 0.25) is 0 Å². The van der Waals surface area contributed by atoms with Crippen LogP contribution in [0.25, 0.3) is 0 Å². The summed E-state index contributed by atoms with van der Waals surface area (Å²) in [6, 6.07) is 0. The van der Waals surface area contributed by atoms with Crippen LogP contribution in [0.15, 0.2) is 30.0 Å². The van der Waals surface area contributed by atoms with Gasteiger partial charge in [0, 0.05) is 6.21 Å². The summed E-state index contributed by atoms with van der Waals surface area (Å²) in [4.78, 5) is 3.96. The minimum absolute atomic E-state index is 0.540. The second kappa shape index (κ2) is 7.95. The van der Waals surface area contributed by atoms with Gasteiger partial charge in [-0.3, -0.25) is 4.99 Å². The highest BCUT2D eigenvalue weighted by Crippen LogP contribution is 1.74. The number of aliphatic imine (C=N–C) groups is 1. The number of rotatable bonds is 5. The van der Waals surface area contributed by atoms with Crippen LogP contribution in [0.3, 0.4) is 0 Å². The monoisotopic (exact) mass is 139 g/mol. The minimum Gasteiger partial charge on any atom is -0.496 e. The molecule has 56 valence electrons. The van der Waals surface area contributed by atoms with E-state index in [4.69, 9.17) is 4.74 Å². The van der Waals surface area contributed by atoms with Crippen LogP contribution in [0.4, 0.5) is 0 Å². The number of hydrogen-bond donors (Lipinski definition) is 0. The molecule has 10 heavy (non-hydrogen) atoms. The quantitative estimate of drug-likeness (QED) is 0.246. The van der Waals surface area contributed by atoms with Crippen molar-refractivity contribution in [3.8, 4) is 0 Å². The molecule has 0 saturated carbocycles. The van der Waals surface area contributed by atoms with E-state index in [1.165, 1.54) is 0 Å². The van der Waals surface area contributed by atoms with Gasteiger partial charge in [-0.2, -0.15) is 0 Å². The predicted molar refractivity (Wildman–Crippen MR) is 44.3 cm³/mol. The fraction of sp³-hybridized carbons (Fsp3) is 0.375. The lowest BCUT2D eigenvalue weighted by Gasteiger charge is -1.90. The standard InChI is InChI=1S/C8H13NO/c1-3-5-9-6-8-10-7-4-2/h3-4,6-7H,1,5,8H2,2H3/b7-4+,9-6?. The van der Waals surface area contributed by atoms with E-state index in [-0.39, 0.29) is 0 Å². The summed E-state index contributed by atoms with van der Waals surface area (Å²) in [7, 11) is 0. The largest absolute Gasteiger partial charge is 0.496 e. The summed E-state index contributed by atoms with van der Waals surface area (Å²) in [5.74, 6) is 0. The molecule has 0 unspecified atom stereocenters. The van der Waals surface area contributed by atoms with Gasteiger partial charge in [-0.1, -0.05) is 12.2 Å². The Morgan fingerprint density at radius 3 is 3.00 bits per heavy atom. The molecule has 0 amide bonds. The Bertz CT molecular complexity index is 127. The maximum Gasteiger partial charge on any atom is 0.122 e. The fourth-order valence-electron chi connectivity index (χ4n) is 0.397. The molecule has 0 spiro atoms. The highest BCUT2D eigenvalue weighted by Gasteiger charge is 1.71. The van der Waals surface area contributed by atoms with Crippen LogP contribution in [0.5, 0.6) is 0 Å². The smallest absolute Gasteiger partial charge is 0.122 e. The van der Waals surface area contributed by atoms with Crippen molar-refractivity contribution in [2.24, 2.45) is 4.99 Å². The highest BCUT2D eigenvalue weighted by atomic mass is 16.5. The first-order valence-corrected chi connectivity index (χ1v) is 3.23. The maximum atomic E-state index is 4.97. The van der Waals surface area contributed by atoms with Crippen LogP contribution >= 0.6 is 0 Å². The third-order valence-corrected chi connectivity index (χ3v) is 0.767. The van der Waals surface area contributed by atoms with Gasteiger partial charge in [-0.15, -0.1) is 6.58 Å². The van der Waals surface area contributed by atoms with Crippen LogP contribution in [-0.2, 0) is 4.74 Å². The number of ether oxygens (including phenoxy) is 1. The summed E-state index contributed by atoms with van der Waals surface area (Å²) in [5.41, 5.74) is 0. The summed E-state index contributed by atoms with van der Waals surface area (Å²) < 4.78 is 4.97. The summed E-state index contributed by atoms with van der Waals surface area (Å²) >= 11 is 0. The van der Waals surface area contributed by atoms with Gasteiger partial charge < -0.3 is 4.74 Å². The van der Waals surface area contributed by atoms with Crippen molar-refractivity contribution in [1.82, 2.24) is 0 Å². The molecule has 0 bridgehead atoms. The molecule has 0 saturated heterocycles. The minimum atomic E-state index is 0.540. The van der Waals surface area contributed by atoms with E-state index in [1.54, 1.807) is 18.6 Å². The van der Waals surface area contributed by atoms with Crippen molar-refractivity contribution in [1.29, 1.82) is 0 Å². The lowest BCUT2D eigenvalue weighted by Crippen LogP contribution is -1.88. The second-order valence-corrected chi connectivity index (χ2v) is 1.64.